The Balaban J connectivity index is 2.17. The van der Waals surface area contributed by atoms with E-state index in [2.05, 4.69) is 53.5 Å². The number of aryl methyl sites for hydroxylation is 1. The summed E-state index contributed by atoms with van der Waals surface area (Å²) in [6.07, 6.45) is 0.875. The van der Waals surface area contributed by atoms with Crippen molar-refractivity contribution in [3.05, 3.63) is 60.3 Å². The van der Waals surface area contributed by atoms with E-state index in [-0.39, 0.29) is 0 Å². The van der Waals surface area contributed by atoms with E-state index in [1.165, 1.54) is 5.39 Å². The van der Waals surface area contributed by atoms with Gasteiger partial charge >= 0.3 is 0 Å². The average molecular weight is 273 g/mol. The molecule has 0 bridgehead atoms. The molecule has 0 aliphatic carbocycles. The highest BCUT2D eigenvalue weighted by molar-refractivity contribution is 6.09. The molecule has 3 nitrogen and oxygen atoms in total. The summed E-state index contributed by atoms with van der Waals surface area (Å²) >= 11 is 0. The first-order valence-corrected chi connectivity index (χ1v) is 7.19. The quantitative estimate of drug-likeness (QED) is 0.590. The van der Waals surface area contributed by atoms with E-state index in [1.807, 2.05) is 18.2 Å². The zero-order valence-electron chi connectivity index (χ0n) is 11.8. The van der Waals surface area contributed by atoms with Gasteiger partial charge in [0.15, 0.2) is 0 Å². The number of aromatic amines is 1. The number of hydrogen-bond acceptors (Lipinski definition) is 2. The molecule has 0 spiro atoms. The lowest BCUT2D eigenvalue weighted by atomic mass is 10.0. The van der Waals surface area contributed by atoms with Crippen LogP contribution in [0.25, 0.3) is 33.1 Å². The molecule has 2 aromatic carbocycles. The highest BCUT2D eigenvalue weighted by atomic mass is 15.1. The molecular weight excluding hydrogens is 258 g/mol. The second-order valence-corrected chi connectivity index (χ2v) is 5.12. The van der Waals surface area contributed by atoms with E-state index >= 15 is 0 Å². The number of fused-ring (bicyclic) bond motifs is 3. The first-order valence-electron chi connectivity index (χ1n) is 7.19. The van der Waals surface area contributed by atoms with Crippen molar-refractivity contribution in [2.75, 3.05) is 0 Å². The largest absolute Gasteiger partial charge is 0.275 e. The maximum absolute atomic E-state index is 4.91. The predicted octanol–water partition coefficient (Wildman–Crippen LogP) is 4.34. The molecule has 2 aromatic heterocycles. The minimum absolute atomic E-state index is 0.875. The van der Waals surface area contributed by atoms with E-state index in [9.17, 15) is 0 Å². The fraction of sp³-hybridized carbons (Fsp3) is 0.111. The van der Waals surface area contributed by atoms with Crippen LogP contribution in [0.5, 0.6) is 0 Å². The van der Waals surface area contributed by atoms with Gasteiger partial charge in [-0.1, -0.05) is 61.5 Å². The van der Waals surface area contributed by atoms with Crippen LogP contribution in [-0.4, -0.2) is 15.2 Å². The molecule has 4 aromatic rings. The van der Waals surface area contributed by atoms with Crippen LogP contribution in [0.3, 0.4) is 0 Å². The molecular formula is C18H15N3. The SMILES string of the molecule is CCc1n[nH]c2c1nc(-c1ccccc1)c1ccccc12. The van der Waals surface area contributed by atoms with Crippen molar-refractivity contribution in [3.63, 3.8) is 0 Å². The lowest BCUT2D eigenvalue weighted by molar-refractivity contribution is 0.986. The lowest BCUT2D eigenvalue weighted by Gasteiger charge is -2.07. The first-order chi connectivity index (χ1) is 10.4. The molecule has 0 atom stereocenters. The molecule has 0 unspecified atom stereocenters. The summed E-state index contributed by atoms with van der Waals surface area (Å²) < 4.78 is 0. The van der Waals surface area contributed by atoms with Crippen LogP contribution in [0.1, 0.15) is 12.6 Å². The number of H-pyrrole nitrogens is 1. The van der Waals surface area contributed by atoms with E-state index in [0.717, 1.165) is 39.8 Å². The summed E-state index contributed by atoms with van der Waals surface area (Å²) in [6.45, 7) is 2.11. The monoisotopic (exact) mass is 273 g/mol. The average Bonchev–Trinajstić information content (AvgIpc) is 2.98. The van der Waals surface area contributed by atoms with Crippen molar-refractivity contribution >= 4 is 21.8 Å². The van der Waals surface area contributed by atoms with Crippen LogP contribution in [0, 0.1) is 0 Å². The fourth-order valence-corrected chi connectivity index (χ4v) is 2.82. The minimum Gasteiger partial charge on any atom is -0.275 e. The third-order valence-electron chi connectivity index (χ3n) is 3.87. The number of pyridine rings is 1. The Hall–Kier alpha value is -2.68. The van der Waals surface area contributed by atoms with Gasteiger partial charge in [-0.15, -0.1) is 0 Å². The predicted molar refractivity (Wildman–Crippen MR) is 86.2 cm³/mol. The summed E-state index contributed by atoms with van der Waals surface area (Å²) in [6, 6.07) is 18.7. The molecule has 0 saturated carbocycles. The first kappa shape index (κ1) is 12.1. The van der Waals surface area contributed by atoms with Crippen molar-refractivity contribution in [2.45, 2.75) is 13.3 Å². The summed E-state index contributed by atoms with van der Waals surface area (Å²) in [5.74, 6) is 0. The van der Waals surface area contributed by atoms with Crippen LogP contribution in [-0.2, 0) is 6.42 Å². The zero-order chi connectivity index (χ0) is 14.2. The third-order valence-corrected chi connectivity index (χ3v) is 3.87. The molecule has 0 saturated heterocycles. The Labute approximate surface area is 122 Å². The van der Waals surface area contributed by atoms with Crippen LogP contribution >= 0.6 is 0 Å². The van der Waals surface area contributed by atoms with Crippen molar-refractivity contribution < 1.29 is 0 Å². The lowest BCUT2D eigenvalue weighted by Crippen LogP contribution is -1.90. The van der Waals surface area contributed by atoms with Crippen molar-refractivity contribution in [1.82, 2.24) is 15.2 Å². The smallest absolute Gasteiger partial charge is 0.113 e. The Morgan fingerprint density at radius 1 is 0.905 bits per heavy atom. The number of hydrogen-bond donors (Lipinski definition) is 1. The molecule has 4 rings (SSSR count). The highest BCUT2D eigenvalue weighted by Crippen LogP contribution is 2.32. The molecule has 3 heteroatoms. The normalized spacial score (nSPS) is 11.3. The van der Waals surface area contributed by atoms with Gasteiger partial charge in [0.25, 0.3) is 0 Å². The summed E-state index contributed by atoms with van der Waals surface area (Å²) in [5, 5.41) is 9.89. The van der Waals surface area contributed by atoms with Gasteiger partial charge < -0.3 is 0 Å². The number of rotatable bonds is 2. The van der Waals surface area contributed by atoms with Crippen LogP contribution in [0.4, 0.5) is 0 Å². The molecule has 0 aliphatic heterocycles. The van der Waals surface area contributed by atoms with Gasteiger partial charge in [-0.2, -0.15) is 5.10 Å². The third kappa shape index (κ3) is 1.82. The van der Waals surface area contributed by atoms with Gasteiger partial charge in [0.1, 0.15) is 5.52 Å². The van der Waals surface area contributed by atoms with E-state index in [4.69, 9.17) is 4.98 Å². The second-order valence-electron chi connectivity index (χ2n) is 5.12. The maximum Gasteiger partial charge on any atom is 0.113 e. The van der Waals surface area contributed by atoms with Gasteiger partial charge in [0, 0.05) is 16.3 Å². The van der Waals surface area contributed by atoms with Gasteiger partial charge in [-0.25, -0.2) is 4.98 Å². The minimum atomic E-state index is 0.875. The Morgan fingerprint density at radius 2 is 1.62 bits per heavy atom. The highest BCUT2D eigenvalue weighted by Gasteiger charge is 2.13. The topological polar surface area (TPSA) is 41.6 Å². The molecule has 0 aliphatic rings. The molecule has 0 fully saturated rings. The Kier molecular flexibility index (Phi) is 2.71. The Bertz CT molecular complexity index is 923. The number of aromatic nitrogens is 3. The number of nitrogens with zero attached hydrogens (tertiary/aromatic N) is 2. The summed E-state index contributed by atoms with van der Waals surface area (Å²) in [7, 11) is 0. The van der Waals surface area contributed by atoms with Crippen LogP contribution < -0.4 is 0 Å². The van der Waals surface area contributed by atoms with E-state index in [1.54, 1.807) is 0 Å². The zero-order valence-corrected chi connectivity index (χ0v) is 11.8. The van der Waals surface area contributed by atoms with Crippen LogP contribution in [0.2, 0.25) is 0 Å². The summed E-state index contributed by atoms with van der Waals surface area (Å²) in [5.41, 5.74) is 5.19. The Morgan fingerprint density at radius 3 is 2.38 bits per heavy atom. The number of nitrogens with one attached hydrogen (secondary N) is 1. The van der Waals surface area contributed by atoms with Gasteiger partial charge in [-0.3, -0.25) is 5.10 Å². The fourth-order valence-electron chi connectivity index (χ4n) is 2.82. The standard InChI is InChI=1S/C18H15N3/c1-2-15-18-17(21-20-15)14-11-7-6-10-13(14)16(19-18)12-8-4-3-5-9-12/h3-11H,2H2,1H3,(H,20,21). The van der Waals surface area contributed by atoms with Crippen molar-refractivity contribution in [2.24, 2.45) is 0 Å². The van der Waals surface area contributed by atoms with E-state index < -0.39 is 0 Å². The second kappa shape index (κ2) is 4.70. The maximum atomic E-state index is 4.91. The van der Waals surface area contributed by atoms with Gasteiger partial charge in [-0.05, 0) is 6.42 Å². The van der Waals surface area contributed by atoms with Crippen molar-refractivity contribution in [1.29, 1.82) is 0 Å². The molecule has 102 valence electrons. The molecule has 21 heavy (non-hydrogen) atoms. The van der Waals surface area contributed by atoms with Crippen molar-refractivity contribution in [3.8, 4) is 11.3 Å². The van der Waals surface area contributed by atoms with Crippen LogP contribution in [0.15, 0.2) is 54.6 Å². The summed E-state index contributed by atoms with van der Waals surface area (Å²) in [4.78, 5) is 4.91. The van der Waals surface area contributed by atoms with Gasteiger partial charge in [0.2, 0.25) is 0 Å². The molecule has 2 heterocycles. The number of benzene rings is 2. The molecule has 0 radical (unpaired) electrons. The molecule has 1 N–H and O–H groups in total. The van der Waals surface area contributed by atoms with E-state index in [0.29, 0.717) is 0 Å². The molecule has 0 amide bonds. The van der Waals surface area contributed by atoms with Gasteiger partial charge in [0.05, 0.1) is 16.9 Å².